The minimum atomic E-state index is -0.552. The third-order valence-electron chi connectivity index (χ3n) is 4.82. The van der Waals surface area contributed by atoms with Gasteiger partial charge < -0.3 is 15.4 Å². The van der Waals surface area contributed by atoms with Crippen molar-refractivity contribution in [3.63, 3.8) is 0 Å². The van der Waals surface area contributed by atoms with Crippen LogP contribution in [0.3, 0.4) is 0 Å². The molecular weight excluding hydrogens is 370 g/mol. The molecule has 2 aromatic carbocycles. The van der Waals surface area contributed by atoms with Gasteiger partial charge in [-0.1, -0.05) is 55.5 Å². The highest BCUT2D eigenvalue weighted by Gasteiger charge is 2.15. The molecule has 4 N–H and O–H groups in total. The van der Waals surface area contributed by atoms with E-state index in [0.29, 0.717) is 12.1 Å². The molecule has 0 spiro atoms. The molecule has 1 amide bonds. The fraction of sp³-hybridized carbons (Fsp3) is 0.227. The number of H-pyrrole nitrogens is 2. The van der Waals surface area contributed by atoms with Gasteiger partial charge in [-0.2, -0.15) is 0 Å². The van der Waals surface area contributed by atoms with Gasteiger partial charge in [-0.15, -0.1) is 0 Å². The van der Waals surface area contributed by atoms with Crippen LogP contribution in [0.2, 0.25) is 0 Å². The van der Waals surface area contributed by atoms with Crippen molar-refractivity contribution in [3.8, 4) is 17.0 Å². The van der Waals surface area contributed by atoms with Crippen molar-refractivity contribution in [3.05, 3.63) is 75.8 Å². The zero-order valence-electron chi connectivity index (χ0n) is 16.3. The summed E-state index contributed by atoms with van der Waals surface area (Å²) in [5.41, 5.74) is 3.38. The molecule has 150 valence electrons. The zero-order valence-corrected chi connectivity index (χ0v) is 16.3. The zero-order chi connectivity index (χ0) is 21.0. The maximum atomic E-state index is 12.2. The molecule has 7 heteroatoms. The van der Waals surface area contributed by atoms with Crippen LogP contribution in [0.1, 0.15) is 41.4 Å². The second-order valence-electron chi connectivity index (χ2n) is 7.01. The SMILES string of the molecule is CC(=O)c1ccc(-c2ccccc2C(C)CNC(=O)Cc2[nH]c(=O)[nH]c2O)cc1. The van der Waals surface area contributed by atoms with Gasteiger partial charge in [0.25, 0.3) is 0 Å². The summed E-state index contributed by atoms with van der Waals surface area (Å²) in [6.45, 7) is 3.95. The van der Waals surface area contributed by atoms with Crippen molar-refractivity contribution in [2.75, 3.05) is 6.54 Å². The molecule has 0 radical (unpaired) electrons. The van der Waals surface area contributed by atoms with Crippen LogP contribution in [-0.2, 0) is 11.2 Å². The van der Waals surface area contributed by atoms with E-state index < -0.39 is 5.69 Å². The molecule has 0 aliphatic carbocycles. The Bertz CT molecular complexity index is 1080. The Balaban J connectivity index is 1.70. The van der Waals surface area contributed by atoms with Crippen LogP contribution in [0.4, 0.5) is 0 Å². The third kappa shape index (κ3) is 4.82. The second kappa shape index (κ2) is 8.60. The van der Waals surface area contributed by atoms with Crippen LogP contribution in [0.5, 0.6) is 5.88 Å². The molecule has 1 aromatic heterocycles. The molecule has 29 heavy (non-hydrogen) atoms. The quantitative estimate of drug-likeness (QED) is 0.462. The normalized spacial score (nSPS) is 11.8. The van der Waals surface area contributed by atoms with Crippen LogP contribution < -0.4 is 11.0 Å². The summed E-state index contributed by atoms with van der Waals surface area (Å²) in [5.74, 6) is -0.569. The smallest absolute Gasteiger partial charge is 0.325 e. The minimum Gasteiger partial charge on any atom is -0.493 e. The Morgan fingerprint density at radius 2 is 1.76 bits per heavy atom. The molecule has 0 aliphatic heterocycles. The number of carbonyl (C=O) groups is 2. The summed E-state index contributed by atoms with van der Waals surface area (Å²) in [6, 6.07) is 15.4. The standard InChI is InChI=1S/C22H23N3O4/c1-13(12-23-20(27)11-19-21(28)25-22(29)24-19)17-5-3-4-6-18(17)16-9-7-15(8-10-16)14(2)26/h3-10,13,28H,11-12H2,1-2H3,(H,23,27)(H2,24,25,29). The first kappa shape index (κ1) is 20.1. The molecule has 0 bridgehead atoms. The number of imidazole rings is 1. The Kier molecular flexibility index (Phi) is 5.97. The average molecular weight is 393 g/mol. The van der Waals surface area contributed by atoms with Crippen LogP contribution in [0, 0.1) is 0 Å². The molecule has 0 saturated carbocycles. The average Bonchev–Trinajstić information content (AvgIpc) is 3.02. The molecule has 3 aromatic rings. The van der Waals surface area contributed by atoms with Gasteiger partial charge in [-0.25, -0.2) is 4.79 Å². The fourth-order valence-corrected chi connectivity index (χ4v) is 3.21. The van der Waals surface area contributed by atoms with Crippen molar-refractivity contribution in [2.45, 2.75) is 26.2 Å². The van der Waals surface area contributed by atoms with Gasteiger partial charge in [0.15, 0.2) is 5.78 Å². The summed E-state index contributed by atoms with van der Waals surface area (Å²) in [6.07, 6.45) is -0.120. The van der Waals surface area contributed by atoms with E-state index in [2.05, 4.69) is 15.3 Å². The number of aromatic amines is 2. The van der Waals surface area contributed by atoms with Crippen molar-refractivity contribution in [2.24, 2.45) is 0 Å². The summed E-state index contributed by atoms with van der Waals surface area (Å²) >= 11 is 0. The number of benzene rings is 2. The molecule has 0 aliphatic rings. The minimum absolute atomic E-state index is 0.0238. The number of amides is 1. The Morgan fingerprint density at radius 3 is 2.38 bits per heavy atom. The van der Waals surface area contributed by atoms with Crippen LogP contribution in [0.15, 0.2) is 53.3 Å². The van der Waals surface area contributed by atoms with Gasteiger partial charge in [0.05, 0.1) is 12.1 Å². The maximum absolute atomic E-state index is 12.2. The van der Waals surface area contributed by atoms with E-state index in [-0.39, 0.29) is 35.6 Å². The fourth-order valence-electron chi connectivity index (χ4n) is 3.21. The number of ketones is 1. The van der Waals surface area contributed by atoms with Gasteiger partial charge in [0, 0.05) is 12.1 Å². The number of rotatable bonds is 7. The van der Waals surface area contributed by atoms with Gasteiger partial charge in [-0.3, -0.25) is 14.6 Å². The second-order valence-corrected chi connectivity index (χ2v) is 7.01. The number of aromatic hydroxyl groups is 1. The van der Waals surface area contributed by atoms with Crippen molar-refractivity contribution in [1.82, 2.24) is 15.3 Å². The molecule has 7 nitrogen and oxygen atoms in total. The number of carbonyl (C=O) groups excluding carboxylic acids is 2. The summed E-state index contributed by atoms with van der Waals surface area (Å²) in [4.78, 5) is 39.4. The first-order chi connectivity index (χ1) is 13.8. The summed E-state index contributed by atoms with van der Waals surface area (Å²) < 4.78 is 0. The van der Waals surface area contributed by atoms with Gasteiger partial charge in [0.2, 0.25) is 11.8 Å². The molecule has 1 heterocycles. The van der Waals surface area contributed by atoms with Crippen LogP contribution in [0.25, 0.3) is 11.1 Å². The van der Waals surface area contributed by atoms with E-state index in [4.69, 9.17) is 0 Å². The summed E-state index contributed by atoms with van der Waals surface area (Å²) in [7, 11) is 0. The van der Waals surface area contributed by atoms with E-state index in [1.165, 1.54) is 6.92 Å². The number of nitrogens with one attached hydrogen (secondary N) is 3. The lowest BCUT2D eigenvalue weighted by Gasteiger charge is -2.17. The highest BCUT2D eigenvalue weighted by atomic mass is 16.3. The van der Waals surface area contributed by atoms with Crippen LogP contribution in [-0.4, -0.2) is 33.3 Å². The molecule has 0 fully saturated rings. The highest BCUT2D eigenvalue weighted by Crippen LogP contribution is 2.29. The van der Waals surface area contributed by atoms with Gasteiger partial charge in [0.1, 0.15) is 0 Å². The Hall–Kier alpha value is -3.61. The number of hydrogen-bond acceptors (Lipinski definition) is 4. The van der Waals surface area contributed by atoms with E-state index in [9.17, 15) is 19.5 Å². The van der Waals surface area contributed by atoms with Gasteiger partial charge >= 0.3 is 5.69 Å². The number of Topliss-reactive ketones (excluding diaryl/α,β-unsaturated/α-hetero) is 1. The molecular formula is C22H23N3O4. The lowest BCUT2D eigenvalue weighted by Crippen LogP contribution is -2.29. The predicted octanol–water partition coefficient (Wildman–Crippen LogP) is 2.74. The van der Waals surface area contributed by atoms with E-state index >= 15 is 0 Å². The van der Waals surface area contributed by atoms with E-state index in [1.807, 2.05) is 55.5 Å². The number of hydrogen-bond donors (Lipinski definition) is 4. The summed E-state index contributed by atoms with van der Waals surface area (Å²) in [5, 5.41) is 12.4. The highest BCUT2D eigenvalue weighted by molar-refractivity contribution is 5.94. The third-order valence-corrected chi connectivity index (χ3v) is 4.82. The van der Waals surface area contributed by atoms with Crippen LogP contribution >= 0.6 is 0 Å². The Labute approximate surface area is 167 Å². The maximum Gasteiger partial charge on any atom is 0.325 e. The molecule has 3 rings (SSSR count). The van der Waals surface area contributed by atoms with Crippen molar-refractivity contribution < 1.29 is 14.7 Å². The largest absolute Gasteiger partial charge is 0.493 e. The molecule has 0 saturated heterocycles. The Morgan fingerprint density at radius 1 is 1.07 bits per heavy atom. The predicted molar refractivity (Wildman–Crippen MR) is 110 cm³/mol. The first-order valence-electron chi connectivity index (χ1n) is 9.32. The molecule has 1 atom stereocenters. The number of aromatic nitrogens is 2. The first-order valence-corrected chi connectivity index (χ1v) is 9.32. The monoisotopic (exact) mass is 393 g/mol. The lowest BCUT2D eigenvalue weighted by molar-refractivity contribution is -0.120. The topological polar surface area (TPSA) is 115 Å². The van der Waals surface area contributed by atoms with E-state index in [0.717, 1.165) is 16.7 Å². The van der Waals surface area contributed by atoms with Crippen molar-refractivity contribution >= 4 is 11.7 Å². The van der Waals surface area contributed by atoms with Gasteiger partial charge in [-0.05, 0) is 29.5 Å². The lowest BCUT2D eigenvalue weighted by atomic mass is 9.91. The van der Waals surface area contributed by atoms with Crippen molar-refractivity contribution in [1.29, 1.82) is 0 Å². The molecule has 1 unspecified atom stereocenters. The van der Waals surface area contributed by atoms with E-state index in [1.54, 1.807) is 0 Å².